The summed E-state index contributed by atoms with van der Waals surface area (Å²) in [7, 11) is -1.56. The van der Waals surface area contributed by atoms with Crippen molar-refractivity contribution in [2.45, 2.75) is 37.8 Å². The Balaban J connectivity index is 1.46. The number of amides is 3. The van der Waals surface area contributed by atoms with E-state index >= 15 is 0 Å². The average Bonchev–Trinajstić information content (AvgIpc) is 3.70. The maximum atomic E-state index is 15.0. The molecule has 6 rings (SSSR count). The second-order valence-electron chi connectivity index (χ2n) is 12.3. The van der Waals surface area contributed by atoms with Crippen LogP contribution >= 0.6 is 23.2 Å². The lowest BCUT2D eigenvalue weighted by atomic mass is 9.93. The number of amidine groups is 1. The summed E-state index contributed by atoms with van der Waals surface area (Å²) in [5.74, 6) is 0.761. The van der Waals surface area contributed by atoms with Crippen LogP contribution in [-0.2, 0) is 14.9 Å². The van der Waals surface area contributed by atoms with E-state index < -0.39 is 22.1 Å². The zero-order chi connectivity index (χ0) is 37.3. The van der Waals surface area contributed by atoms with E-state index in [-0.39, 0.29) is 55.5 Å². The number of nitrogens with zero attached hydrogens (tertiary/aromatic N) is 6. The summed E-state index contributed by atoms with van der Waals surface area (Å²) in [5.41, 5.74) is 2.73. The number of hydroxylamine groups is 1. The lowest BCUT2D eigenvalue weighted by Crippen LogP contribution is -2.55. The molecule has 0 radical (unpaired) electrons. The highest BCUT2D eigenvalue weighted by atomic mass is 35.5. The van der Waals surface area contributed by atoms with Crippen LogP contribution < -0.4 is 4.74 Å². The number of carbonyl (C=O) groups is 2. The zero-order valence-corrected chi connectivity index (χ0v) is 31.6. The average molecular weight is 770 g/mol. The summed E-state index contributed by atoms with van der Waals surface area (Å²) in [6.07, 6.45) is 0. The Hall–Kier alpha value is -4.47. The van der Waals surface area contributed by atoms with Crippen molar-refractivity contribution in [1.29, 1.82) is 0 Å². The van der Waals surface area contributed by atoms with E-state index in [2.05, 4.69) is 5.16 Å². The Morgan fingerprint density at radius 1 is 0.923 bits per heavy atom. The quantitative estimate of drug-likeness (QED) is 0.181. The SMILES string of the molecule is CCOc1ccc(S(=O)(=O)N(C)OC)cc1C1=N[C@@H](c2ccc(Cl)cc2)[C@@H](c2ccc(Cl)cc2)N1C(=O)N1CCN(C(=O)c2c(C)noc2C)CC1. The van der Waals surface area contributed by atoms with E-state index in [1.54, 1.807) is 58.9 Å². The molecule has 2 atom stereocenters. The van der Waals surface area contributed by atoms with Gasteiger partial charge in [-0.05, 0) is 74.4 Å². The fourth-order valence-electron chi connectivity index (χ4n) is 6.43. The highest BCUT2D eigenvalue weighted by Crippen LogP contribution is 2.46. The minimum Gasteiger partial charge on any atom is -0.493 e. The Labute approximate surface area is 312 Å². The summed E-state index contributed by atoms with van der Waals surface area (Å²) in [6.45, 7) is 6.47. The fourth-order valence-corrected chi connectivity index (χ4v) is 7.68. The molecule has 274 valence electrons. The van der Waals surface area contributed by atoms with E-state index in [0.29, 0.717) is 38.4 Å². The number of benzene rings is 3. The minimum absolute atomic E-state index is 0.0881. The van der Waals surface area contributed by atoms with E-state index in [1.807, 2.05) is 31.2 Å². The van der Waals surface area contributed by atoms with Crippen molar-refractivity contribution < 1.29 is 32.1 Å². The highest BCUT2D eigenvalue weighted by Gasteiger charge is 2.45. The van der Waals surface area contributed by atoms with Crippen LogP contribution in [0, 0.1) is 13.8 Å². The summed E-state index contributed by atoms with van der Waals surface area (Å²) in [5, 5.41) is 4.97. The first-order chi connectivity index (χ1) is 24.8. The minimum atomic E-state index is -4.10. The molecule has 2 aliphatic rings. The Kier molecular flexibility index (Phi) is 10.9. The van der Waals surface area contributed by atoms with Gasteiger partial charge in [-0.3, -0.25) is 19.5 Å². The molecule has 16 heteroatoms. The number of urea groups is 1. The van der Waals surface area contributed by atoms with Crippen LogP contribution in [-0.4, -0.2) is 97.5 Å². The first kappa shape index (κ1) is 37.3. The van der Waals surface area contributed by atoms with Crippen molar-refractivity contribution in [3.8, 4) is 5.75 Å². The van der Waals surface area contributed by atoms with Gasteiger partial charge in [0.1, 0.15) is 29.0 Å². The number of aliphatic imine (C=N–C) groups is 1. The molecule has 52 heavy (non-hydrogen) atoms. The molecule has 0 bridgehead atoms. The molecule has 4 aromatic rings. The molecule has 0 spiro atoms. The molecule has 2 aliphatic heterocycles. The van der Waals surface area contributed by atoms with Crippen LogP contribution in [0.15, 0.2) is 81.1 Å². The monoisotopic (exact) mass is 768 g/mol. The first-order valence-electron chi connectivity index (χ1n) is 16.5. The normalized spacial score (nSPS) is 17.8. The van der Waals surface area contributed by atoms with Crippen LogP contribution in [0.4, 0.5) is 4.79 Å². The lowest BCUT2D eigenvalue weighted by molar-refractivity contribution is -0.0258. The lowest BCUT2D eigenvalue weighted by Gasteiger charge is -2.39. The highest BCUT2D eigenvalue weighted by molar-refractivity contribution is 7.89. The van der Waals surface area contributed by atoms with E-state index in [0.717, 1.165) is 15.6 Å². The topological polar surface area (TPSA) is 138 Å². The van der Waals surface area contributed by atoms with Gasteiger partial charge in [-0.2, -0.15) is 0 Å². The largest absolute Gasteiger partial charge is 0.493 e. The van der Waals surface area contributed by atoms with Crippen LogP contribution in [0.2, 0.25) is 10.0 Å². The van der Waals surface area contributed by atoms with Crippen LogP contribution in [0.5, 0.6) is 5.75 Å². The number of aryl methyl sites for hydroxylation is 2. The number of hydrogen-bond acceptors (Lipinski definition) is 9. The maximum Gasteiger partial charge on any atom is 0.326 e. The number of hydrogen-bond donors (Lipinski definition) is 0. The predicted octanol–water partition coefficient (Wildman–Crippen LogP) is 6.30. The third-order valence-electron chi connectivity index (χ3n) is 9.17. The number of sulfonamides is 1. The van der Waals surface area contributed by atoms with Gasteiger partial charge in [0.15, 0.2) is 0 Å². The summed E-state index contributed by atoms with van der Waals surface area (Å²) >= 11 is 12.6. The zero-order valence-electron chi connectivity index (χ0n) is 29.2. The maximum absolute atomic E-state index is 15.0. The molecule has 0 aliphatic carbocycles. The summed E-state index contributed by atoms with van der Waals surface area (Å²) in [6, 6.07) is 17.1. The van der Waals surface area contributed by atoms with Gasteiger partial charge in [0.25, 0.3) is 15.9 Å². The molecule has 13 nitrogen and oxygen atoms in total. The predicted molar refractivity (Wildman–Crippen MR) is 195 cm³/mol. The summed E-state index contributed by atoms with van der Waals surface area (Å²) < 4.78 is 38.9. The van der Waals surface area contributed by atoms with Crippen molar-refractivity contribution in [3.05, 3.63) is 110 Å². The molecule has 3 heterocycles. The molecule has 1 saturated heterocycles. The number of carbonyl (C=O) groups excluding carboxylic acids is 2. The van der Waals surface area contributed by atoms with Crippen LogP contribution in [0.25, 0.3) is 0 Å². The molecule has 1 fully saturated rings. The van der Waals surface area contributed by atoms with Crippen molar-refractivity contribution in [2.75, 3.05) is 46.9 Å². The number of aromatic nitrogens is 1. The second kappa shape index (κ2) is 15.2. The van der Waals surface area contributed by atoms with Gasteiger partial charge in [0.2, 0.25) is 0 Å². The molecule has 0 unspecified atom stereocenters. The van der Waals surface area contributed by atoms with Crippen molar-refractivity contribution >= 4 is 51.0 Å². The van der Waals surface area contributed by atoms with Gasteiger partial charge in [-0.1, -0.05) is 57.1 Å². The molecular weight excluding hydrogens is 731 g/mol. The standard InChI is InChI=1S/C36H38Cl2N6O7S/c1-6-50-30-16-15-28(52(47,48)41(4)49-5)21-29(30)34-39-32(24-7-11-26(37)12-8-24)33(25-9-13-27(38)14-10-25)44(34)36(46)43-19-17-42(18-20-43)35(45)31-22(2)40-51-23(31)3/h7-16,21,32-33H,6,17-20H2,1-5H3/t32-,33+/m0/s1. The van der Waals surface area contributed by atoms with Gasteiger partial charge in [-0.15, -0.1) is 0 Å². The first-order valence-corrected chi connectivity index (χ1v) is 18.7. The van der Waals surface area contributed by atoms with Gasteiger partial charge < -0.3 is 19.1 Å². The van der Waals surface area contributed by atoms with E-state index in [4.69, 9.17) is 42.3 Å². The van der Waals surface area contributed by atoms with Gasteiger partial charge in [0, 0.05) is 43.3 Å². The number of rotatable bonds is 9. The van der Waals surface area contributed by atoms with Crippen molar-refractivity contribution in [2.24, 2.45) is 4.99 Å². The van der Waals surface area contributed by atoms with Crippen molar-refractivity contribution in [3.63, 3.8) is 0 Å². The third kappa shape index (κ3) is 7.13. The second-order valence-corrected chi connectivity index (χ2v) is 15.1. The Morgan fingerprint density at radius 3 is 2.08 bits per heavy atom. The molecule has 3 amide bonds. The molecule has 0 saturated carbocycles. The van der Waals surface area contributed by atoms with Gasteiger partial charge in [0.05, 0.1) is 35.9 Å². The number of halogens is 2. The number of ether oxygens (including phenoxy) is 1. The fraction of sp³-hybridized carbons (Fsp3) is 0.333. The van der Waals surface area contributed by atoms with Gasteiger partial charge in [-0.25, -0.2) is 13.2 Å². The summed E-state index contributed by atoms with van der Waals surface area (Å²) in [4.78, 5) is 43.5. The smallest absolute Gasteiger partial charge is 0.326 e. The number of piperazine rings is 1. The Bertz CT molecular complexity index is 2080. The van der Waals surface area contributed by atoms with Crippen LogP contribution in [0.1, 0.15) is 57.5 Å². The van der Waals surface area contributed by atoms with E-state index in [9.17, 15) is 18.0 Å². The molecule has 3 aromatic carbocycles. The molecule has 1 aromatic heterocycles. The van der Waals surface area contributed by atoms with E-state index in [1.165, 1.54) is 26.3 Å². The molecule has 0 N–H and O–H groups in total. The molecular formula is C36H38Cl2N6O7S. The Morgan fingerprint density at radius 2 is 1.52 bits per heavy atom. The van der Waals surface area contributed by atoms with Crippen LogP contribution in [0.3, 0.4) is 0 Å². The third-order valence-corrected chi connectivity index (χ3v) is 11.3. The van der Waals surface area contributed by atoms with Crippen molar-refractivity contribution in [1.82, 2.24) is 24.3 Å². The van der Waals surface area contributed by atoms with Gasteiger partial charge >= 0.3 is 6.03 Å².